The first-order valence-electron chi connectivity index (χ1n) is 14.4. The summed E-state index contributed by atoms with van der Waals surface area (Å²) >= 11 is 0. The molecule has 6 rings (SSSR count). The van der Waals surface area contributed by atoms with E-state index in [-0.39, 0.29) is 23.1 Å². The highest BCUT2D eigenvalue weighted by Crippen LogP contribution is 2.58. The van der Waals surface area contributed by atoms with E-state index in [1.807, 2.05) is 12.1 Å². The van der Waals surface area contributed by atoms with Crippen LogP contribution in [0.2, 0.25) is 0 Å². The molecular weight excluding hydrogens is 490 g/mol. The van der Waals surface area contributed by atoms with Gasteiger partial charge in [-0.2, -0.15) is 5.10 Å². The van der Waals surface area contributed by atoms with Crippen LogP contribution in [0.25, 0.3) is 0 Å². The fourth-order valence-corrected chi connectivity index (χ4v) is 6.88. The summed E-state index contributed by atoms with van der Waals surface area (Å²) in [6.07, 6.45) is 9.40. The number of fused-ring (bicyclic) bond motifs is 1. The number of likely N-dealkylation sites (tertiary alicyclic amines) is 1. The van der Waals surface area contributed by atoms with Crippen molar-refractivity contribution in [3.05, 3.63) is 48.6 Å². The van der Waals surface area contributed by atoms with Gasteiger partial charge in [0, 0.05) is 25.0 Å². The Morgan fingerprint density at radius 3 is 2.49 bits per heavy atom. The van der Waals surface area contributed by atoms with Gasteiger partial charge >= 0.3 is 0 Å². The Hall–Kier alpha value is -3.33. The van der Waals surface area contributed by atoms with Gasteiger partial charge in [0.25, 0.3) is 5.91 Å². The molecule has 1 aromatic heterocycles. The van der Waals surface area contributed by atoms with Crippen molar-refractivity contribution in [3.63, 3.8) is 0 Å². The van der Waals surface area contributed by atoms with Crippen LogP contribution in [0.3, 0.4) is 0 Å². The lowest BCUT2D eigenvalue weighted by Crippen LogP contribution is -2.54. The maximum Gasteiger partial charge on any atom is 0.270 e. The Balaban J connectivity index is 1.23. The van der Waals surface area contributed by atoms with Crippen molar-refractivity contribution in [2.75, 3.05) is 35.7 Å². The highest BCUT2D eigenvalue weighted by atomic mass is 16.2. The molecule has 9 heteroatoms. The summed E-state index contributed by atoms with van der Waals surface area (Å²) < 4.78 is 1.55. The molecule has 3 N–H and O–H groups in total. The normalized spacial score (nSPS) is 22.4. The summed E-state index contributed by atoms with van der Waals surface area (Å²) in [5, 5.41) is 13.9. The number of hydrogen-bond donors (Lipinski definition) is 3. The minimum absolute atomic E-state index is 0.0820. The molecule has 2 atom stereocenters. The highest BCUT2D eigenvalue weighted by Gasteiger charge is 2.54. The van der Waals surface area contributed by atoms with Crippen molar-refractivity contribution in [2.24, 2.45) is 24.3 Å². The number of amides is 2. The van der Waals surface area contributed by atoms with Gasteiger partial charge in [0.05, 0.1) is 11.4 Å². The SMILES string of the molecule is C=C1Nc2cc(NC(=O)[C@@H](NC(=O)c3ccnn3C)C(C3CCC3)C3(C)CC3)ccc2N1C1CCN(C)CC1. The lowest BCUT2D eigenvalue weighted by atomic mass is 9.66. The molecule has 208 valence electrons. The summed E-state index contributed by atoms with van der Waals surface area (Å²) in [5.41, 5.74) is 3.31. The van der Waals surface area contributed by atoms with Crippen molar-refractivity contribution in [1.29, 1.82) is 0 Å². The fraction of sp³-hybridized carbons (Fsp3) is 0.567. The second-order valence-electron chi connectivity index (χ2n) is 12.4. The zero-order valence-electron chi connectivity index (χ0n) is 23.4. The Labute approximate surface area is 231 Å². The molecule has 3 fully saturated rings. The van der Waals surface area contributed by atoms with Crippen LogP contribution in [0.15, 0.2) is 42.9 Å². The second kappa shape index (κ2) is 10.0. The van der Waals surface area contributed by atoms with Gasteiger partial charge in [-0.1, -0.05) is 32.8 Å². The van der Waals surface area contributed by atoms with Gasteiger partial charge in [0.15, 0.2) is 0 Å². The number of anilines is 3. The first-order chi connectivity index (χ1) is 18.7. The van der Waals surface area contributed by atoms with Crippen molar-refractivity contribution in [2.45, 2.75) is 64.0 Å². The molecule has 1 unspecified atom stereocenters. The molecule has 2 aliphatic heterocycles. The first-order valence-corrected chi connectivity index (χ1v) is 14.4. The molecule has 3 heterocycles. The van der Waals surface area contributed by atoms with Crippen LogP contribution < -0.4 is 20.9 Å². The average Bonchev–Trinajstić information content (AvgIpc) is 3.32. The van der Waals surface area contributed by atoms with E-state index in [1.54, 1.807) is 24.0 Å². The van der Waals surface area contributed by atoms with Gasteiger partial charge < -0.3 is 25.8 Å². The van der Waals surface area contributed by atoms with Crippen LogP contribution >= 0.6 is 0 Å². The highest BCUT2D eigenvalue weighted by molar-refractivity contribution is 6.01. The molecule has 0 radical (unpaired) electrons. The molecule has 2 amide bonds. The Bertz CT molecular complexity index is 1270. The molecule has 39 heavy (non-hydrogen) atoms. The van der Waals surface area contributed by atoms with E-state index in [0.717, 1.165) is 74.5 Å². The van der Waals surface area contributed by atoms with Gasteiger partial charge in [-0.25, -0.2) is 0 Å². The second-order valence-corrected chi connectivity index (χ2v) is 12.4. The van der Waals surface area contributed by atoms with E-state index in [9.17, 15) is 9.59 Å². The lowest BCUT2D eigenvalue weighted by molar-refractivity contribution is -0.121. The maximum atomic E-state index is 14.0. The minimum atomic E-state index is -0.614. The number of carbonyl (C=O) groups is 2. The van der Waals surface area contributed by atoms with Crippen LogP contribution in [0.1, 0.15) is 62.4 Å². The summed E-state index contributed by atoms with van der Waals surface area (Å²) in [6.45, 7) is 8.70. The standard InChI is InChI=1S/C30H41N7O2/c1-19-32-23-18-21(8-9-24(23)37(19)22-11-16-35(3)17-12-22)33-29(39)27(34-28(38)25-10-15-31-36(25)4)26(20-6-5-7-20)30(2)13-14-30/h8-10,15,18,20,22,26-27,32H,1,5-7,11-14,16-17H2,2-4H3,(H,33,39)(H,34,38)/t26?,27-/m0/s1. The fourth-order valence-electron chi connectivity index (χ4n) is 6.88. The molecule has 0 spiro atoms. The monoisotopic (exact) mass is 531 g/mol. The lowest BCUT2D eigenvalue weighted by Gasteiger charge is -2.42. The smallest absolute Gasteiger partial charge is 0.270 e. The van der Waals surface area contributed by atoms with Crippen LogP contribution in [-0.4, -0.2) is 58.7 Å². The number of nitrogens with one attached hydrogen (secondary N) is 3. The summed E-state index contributed by atoms with van der Waals surface area (Å²) in [6, 6.07) is 7.52. The predicted octanol–water partition coefficient (Wildman–Crippen LogP) is 4.17. The summed E-state index contributed by atoms with van der Waals surface area (Å²) in [5.74, 6) is 1.03. The van der Waals surface area contributed by atoms with Crippen LogP contribution in [0, 0.1) is 17.3 Å². The number of piperidine rings is 1. The number of nitrogens with zero attached hydrogens (tertiary/aromatic N) is 4. The molecule has 2 aliphatic carbocycles. The van der Waals surface area contributed by atoms with Gasteiger partial charge in [-0.15, -0.1) is 0 Å². The molecule has 1 saturated heterocycles. The van der Waals surface area contributed by atoms with E-state index >= 15 is 0 Å². The number of carbonyl (C=O) groups excluding carboxylic acids is 2. The Morgan fingerprint density at radius 1 is 1.13 bits per heavy atom. The van der Waals surface area contributed by atoms with Crippen molar-refractivity contribution >= 4 is 28.9 Å². The van der Waals surface area contributed by atoms with E-state index < -0.39 is 6.04 Å². The van der Waals surface area contributed by atoms with Gasteiger partial charge in [-0.05, 0) is 87.3 Å². The number of aryl methyl sites for hydroxylation is 1. The molecule has 0 bridgehead atoms. The molecule has 4 aliphatic rings. The van der Waals surface area contributed by atoms with Gasteiger partial charge in [-0.3, -0.25) is 14.3 Å². The van der Waals surface area contributed by atoms with E-state index in [2.05, 4.69) is 57.5 Å². The third kappa shape index (κ3) is 4.93. The summed E-state index contributed by atoms with van der Waals surface area (Å²) in [4.78, 5) is 31.9. The quantitative estimate of drug-likeness (QED) is 0.473. The number of rotatable bonds is 8. The minimum Gasteiger partial charge on any atom is -0.340 e. The van der Waals surface area contributed by atoms with E-state index in [4.69, 9.17) is 0 Å². The maximum absolute atomic E-state index is 14.0. The van der Waals surface area contributed by atoms with Crippen molar-refractivity contribution in [1.82, 2.24) is 20.0 Å². The van der Waals surface area contributed by atoms with Gasteiger partial charge in [0.1, 0.15) is 17.6 Å². The molecule has 2 saturated carbocycles. The van der Waals surface area contributed by atoms with Crippen LogP contribution in [0.4, 0.5) is 17.1 Å². The molecule has 1 aromatic carbocycles. The average molecular weight is 532 g/mol. The van der Waals surface area contributed by atoms with Crippen molar-refractivity contribution < 1.29 is 9.59 Å². The number of hydrogen-bond acceptors (Lipinski definition) is 6. The topological polar surface area (TPSA) is 94.5 Å². The largest absolute Gasteiger partial charge is 0.340 e. The summed E-state index contributed by atoms with van der Waals surface area (Å²) in [7, 11) is 3.91. The van der Waals surface area contributed by atoms with Crippen molar-refractivity contribution in [3.8, 4) is 0 Å². The Morgan fingerprint density at radius 2 is 1.87 bits per heavy atom. The zero-order chi connectivity index (χ0) is 27.3. The molecular formula is C30H41N7O2. The predicted molar refractivity (Wildman–Crippen MR) is 153 cm³/mol. The Kier molecular flexibility index (Phi) is 6.65. The van der Waals surface area contributed by atoms with E-state index in [0.29, 0.717) is 17.7 Å². The number of aromatic nitrogens is 2. The first kappa shape index (κ1) is 25.9. The van der Waals surface area contributed by atoms with Gasteiger partial charge in [0.2, 0.25) is 5.91 Å². The third-order valence-corrected chi connectivity index (χ3v) is 9.63. The number of benzene rings is 1. The molecule has 2 aromatic rings. The van der Waals surface area contributed by atoms with Crippen LogP contribution in [0.5, 0.6) is 0 Å². The molecule has 9 nitrogen and oxygen atoms in total. The van der Waals surface area contributed by atoms with Crippen LogP contribution in [-0.2, 0) is 11.8 Å². The third-order valence-electron chi connectivity index (χ3n) is 9.63. The zero-order valence-corrected chi connectivity index (χ0v) is 23.4. The van der Waals surface area contributed by atoms with E-state index in [1.165, 1.54) is 6.42 Å².